The van der Waals surface area contributed by atoms with Crippen LogP contribution < -0.4 is 0 Å². The van der Waals surface area contributed by atoms with Crippen molar-refractivity contribution in [3.63, 3.8) is 0 Å². The van der Waals surface area contributed by atoms with Gasteiger partial charge in [-0.1, -0.05) is 30.3 Å². The van der Waals surface area contributed by atoms with Gasteiger partial charge >= 0.3 is 0 Å². The number of hydrogen-bond acceptors (Lipinski definition) is 3. The maximum Gasteiger partial charge on any atom is 0.233 e. The van der Waals surface area contributed by atoms with E-state index in [0.29, 0.717) is 4.73 Å². The molecule has 0 saturated carbocycles. The molecule has 5 rings (SSSR count). The average molecular weight is 440 g/mol. The second-order valence-corrected chi connectivity index (χ2v) is 8.25. The third-order valence-corrected chi connectivity index (χ3v) is 6.26. The fraction of sp³-hybridized carbons (Fsp3) is 0.0526. The number of aryl methyl sites for hydroxylation is 1. The smallest absolute Gasteiger partial charge is 0.233 e. The molecule has 0 fully saturated rings. The zero-order chi connectivity index (χ0) is 18.5. The Balaban J connectivity index is 1.64. The summed E-state index contributed by atoms with van der Waals surface area (Å²) in [6.07, 6.45) is 3.81. The van der Waals surface area contributed by atoms with Crippen molar-refractivity contribution in [2.45, 2.75) is 4.90 Å². The van der Waals surface area contributed by atoms with Crippen LogP contribution in [0.4, 0.5) is 0 Å². The summed E-state index contributed by atoms with van der Waals surface area (Å²) in [5, 5.41) is 5.35. The van der Waals surface area contributed by atoms with E-state index in [-0.39, 0.29) is 0 Å². The molecule has 134 valence electrons. The molecule has 6 nitrogen and oxygen atoms in total. The molecule has 0 N–H and O–H groups in total. The molecule has 0 aliphatic heterocycles. The number of benzene rings is 2. The summed E-state index contributed by atoms with van der Waals surface area (Å²) in [6.45, 7) is 0. The van der Waals surface area contributed by atoms with Gasteiger partial charge in [0.25, 0.3) is 0 Å². The second kappa shape index (κ2) is 6.26. The van der Waals surface area contributed by atoms with Crippen LogP contribution in [0.5, 0.6) is 0 Å². The van der Waals surface area contributed by atoms with Gasteiger partial charge in [0, 0.05) is 18.0 Å². The Morgan fingerprint density at radius 3 is 2.67 bits per heavy atom. The lowest BCUT2D eigenvalue weighted by atomic mass is 10.1. The Labute approximate surface area is 166 Å². The lowest BCUT2D eigenvalue weighted by Gasteiger charge is -2.12. The topological polar surface area (TPSA) is 63.1 Å². The van der Waals surface area contributed by atoms with Gasteiger partial charge in [0.1, 0.15) is 11.4 Å². The van der Waals surface area contributed by atoms with Crippen molar-refractivity contribution in [2.75, 3.05) is 0 Å². The Hall–Kier alpha value is -2.55. The van der Waals surface area contributed by atoms with Crippen LogP contribution in [0, 0.1) is 0 Å². The largest absolute Gasteiger partial charge is 0.587 e. The van der Waals surface area contributed by atoms with Crippen LogP contribution in [0.2, 0.25) is 0 Å². The molecule has 0 aliphatic carbocycles. The van der Waals surface area contributed by atoms with Crippen LogP contribution in [0.3, 0.4) is 0 Å². The second-order valence-electron chi connectivity index (χ2n) is 6.18. The molecule has 0 spiro atoms. The Morgan fingerprint density at radius 2 is 1.89 bits per heavy atom. The first-order valence-electron chi connectivity index (χ1n) is 8.28. The van der Waals surface area contributed by atoms with Gasteiger partial charge in [0.2, 0.25) is 10.5 Å². The van der Waals surface area contributed by atoms with Crippen LogP contribution >= 0.6 is 15.9 Å². The number of imidazole rings is 1. The highest BCUT2D eigenvalue weighted by Crippen LogP contribution is 2.28. The molecule has 8 heteroatoms. The van der Waals surface area contributed by atoms with Gasteiger partial charge < -0.3 is 9.12 Å². The predicted molar refractivity (Wildman–Crippen MR) is 109 cm³/mol. The summed E-state index contributed by atoms with van der Waals surface area (Å²) in [5.74, 6) is 0.750. The van der Waals surface area contributed by atoms with Crippen molar-refractivity contribution in [1.82, 2.24) is 23.1 Å². The average Bonchev–Trinajstić information content (AvgIpc) is 3.35. The highest BCUT2D eigenvalue weighted by molar-refractivity contribution is 9.10. The number of hydrogen-bond donors (Lipinski definition) is 0. The van der Waals surface area contributed by atoms with E-state index < -0.39 is 11.4 Å². The van der Waals surface area contributed by atoms with Crippen molar-refractivity contribution in [3.8, 4) is 11.3 Å². The molecule has 3 heterocycles. The molecule has 3 aromatic heterocycles. The van der Waals surface area contributed by atoms with Gasteiger partial charge in [0.15, 0.2) is 4.90 Å². The minimum atomic E-state index is -1.30. The standard InChI is InChI=1S/C19H14BrN5OS/c1-23-17(12-24-19(23)21-18(20)22-24)14-8-7-13-9-10-25(16(13)11-14)27(26)15-5-3-2-4-6-15/h2-12H,1H3. The zero-order valence-electron chi connectivity index (χ0n) is 14.3. The first kappa shape index (κ1) is 16.6. The highest BCUT2D eigenvalue weighted by Gasteiger charge is 2.18. The van der Waals surface area contributed by atoms with Gasteiger partial charge in [-0.05, 0) is 40.2 Å². The molecule has 1 atom stereocenters. The fourth-order valence-corrected chi connectivity index (χ4v) is 4.70. The third kappa shape index (κ3) is 2.68. The van der Waals surface area contributed by atoms with Crippen LogP contribution in [0.25, 0.3) is 27.9 Å². The van der Waals surface area contributed by atoms with Crippen LogP contribution in [0.15, 0.2) is 76.6 Å². The van der Waals surface area contributed by atoms with Crippen molar-refractivity contribution in [3.05, 3.63) is 71.7 Å². The summed E-state index contributed by atoms with van der Waals surface area (Å²) in [4.78, 5) is 5.14. The minimum Gasteiger partial charge on any atom is -0.587 e. The van der Waals surface area contributed by atoms with E-state index in [9.17, 15) is 4.55 Å². The van der Waals surface area contributed by atoms with Crippen LogP contribution in [-0.2, 0) is 18.4 Å². The summed E-state index contributed by atoms with van der Waals surface area (Å²) in [7, 11) is 1.96. The molecule has 0 saturated heterocycles. The molecule has 0 amide bonds. The predicted octanol–water partition coefficient (Wildman–Crippen LogP) is 4.02. The van der Waals surface area contributed by atoms with Crippen molar-refractivity contribution < 1.29 is 4.55 Å². The van der Waals surface area contributed by atoms with Gasteiger partial charge in [-0.2, -0.15) is 8.96 Å². The molecule has 0 bridgehead atoms. The van der Waals surface area contributed by atoms with Gasteiger partial charge in [-0.15, -0.1) is 5.10 Å². The normalized spacial score (nSPS) is 12.9. The first-order valence-corrected chi connectivity index (χ1v) is 10.2. The molecule has 5 aromatic rings. The van der Waals surface area contributed by atoms with E-state index in [2.05, 4.69) is 38.1 Å². The lowest BCUT2D eigenvalue weighted by molar-refractivity contribution is 0.588. The molecule has 0 aliphatic rings. The maximum atomic E-state index is 13.0. The first-order chi connectivity index (χ1) is 13.1. The van der Waals surface area contributed by atoms with Gasteiger partial charge in [-0.25, -0.2) is 4.52 Å². The summed E-state index contributed by atoms with van der Waals surface area (Å²) < 4.78 is 19.1. The summed E-state index contributed by atoms with van der Waals surface area (Å²) in [6, 6.07) is 17.6. The van der Waals surface area contributed by atoms with Gasteiger partial charge in [-0.3, -0.25) is 0 Å². The SMILES string of the molecule is Cn1c(-c2ccc3ccn([S+]([O-])c4ccccc4)c3c2)cn2nc(Br)nc12. The molecule has 27 heavy (non-hydrogen) atoms. The van der Waals surface area contributed by atoms with E-state index in [1.807, 2.05) is 66.5 Å². The van der Waals surface area contributed by atoms with E-state index in [1.54, 1.807) is 8.49 Å². The van der Waals surface area contributed by atoms with Gasteiger partial charge in [0.05, 0.1) is 23.6 Å². The molecule has 1 unspecified atom stereocenters. The van der Waals surface area contributed by atoms with E-state index in [4.69, 9.17) is 0 Å². The third-order valence-electron chi connectivity index (χ3n) is 4.57. The Kier molecular flexibility index (Phi) is 3.85. The van der Waals surface area contributed by atoms with Crippen molar-refractivity contribution >= 4 is 44.0 Å². The van der Waals surface area contributed by atoms with Crippen molar-refractivity contribution in [1.29, 1.82) is 0 Å². The fourth-order valence-electron chi connectivity index (χ4n) is 3.24. The molecular formula is C19H14BrN5OS. The zero-order valence-corrected chi connectivity index (χ0v) is 16.7. The maximum absolute atomic E-state index is 13.0. The van der Waals surface area contributed by atoms with Crippen LogP contribution in [-0.4, -0.2) is 27.7 Å². The monoisotopic (exact) mass is 439 g/mol. The number of aromatic nitrogens is 5. The van der Waals surface area contributed by atoms with Crippen LogP contribution in [0.1, 0.15) is 0 Å². The molecule has 2 aromatic carbocycles. The minimum absolute atomic E-state index is 0.558. The molecule has 0 radical (unpaired) electrons. The Morgan fingerprint density at radius 1 is 1.07 bits per heavy atom. The van der Waals surface area contributed by atoms with Crippen molar-refractivity contribution in [2.24, 2.45) is 7.05 Å². The lowest BCUT2D eigenvalue weighted by Crippen LogP contribution is -2.11. The number of fused-ring (bicyclic) bond motifs is 2. The number of halogens is 1. The highest BCUT2D eigenvalue weighted by atomic mass is 79.9. The van der Waals surface area contributed by atoms with E-state index in [1.165, 1.54) is 0 Å². The molecular weight excluding hydrogens is 426 g/mol. The number of rotatable bonds is 3. The summed E-state index contributed by atoms with van der Waals surface area (Å²) >= 11 is 2.00. The quantitative estimate of drug-likeness (QED) is 0.398. The Bertz CT molecular complexity index is 1270. The van der Waals surface area contributed by atoms with E-state index in [0.717, 1.165) is 32.8 Å². The number of nitrogens with zero attached hydrogens (tertiary/aromatic N) is 5. The summed E-state index contributed by atoms with van der Waals surface area (Å²) in [5.41, 5.74) is 2.92. The van der Waals surface area contributed by atoms with E-state index >= 15 is 0 Å².